The van der Waals surface area contributed by atoms with Gasteiger partial charge in [-0.25, -0.2) is 0 Å². The molecule has 0 bridgehead atoms. The second-order valence-electron chi connectivity index (χ2n) is 3.34. The lowest BCUT2D eigenvalue weighted by molar-refractivity contribution is 0.0867. The molecule has 2 N–H and O–H groups in total. The molecule has 0 spiro atoms. The molecule has 5 nitrogen and oxygen atoms in total. The SMILES string of the molecule is Cc1occc1C(=O)NCCCOCCO. The molecule has 0 atom stereocenters. The van der Waals surface area contributed by atoms with Crippen molar-refractivity contribution >= 4 is 5.91 Å². The zero-order valence-electron chi connectivity index (χ0n) is 9.36. The Kier molecular flexibility index (Phi) is 5.60. The molecule has 1 aromatic heterocycles. The summed E-state index contributed by atoms with van der Waals surface area (Å²) in [7, 11) is 0. The van der Waals surface area contributed by atoms with Crippen LogP contribution < -0.4 is 5.32 Å². The Morgan fingerprint density at radius 2 is 2.38 bits per heavy atom. The second-order valence-corrected chi connectivity index (χ2v) is 3.34. The third-order valence-electron chi connectivity index (χ3n) is 2.09. The average Bonchev–Trinajstić information content (AvgIpc) is 2.69. The van der Waals surface area contributed by atoms with Crippen molar-refractivity contribution in [3.05, 3.63) is 23.7 Å². The van der Waals surface area contributed by atoms with Gasteiger partial charge in [-0.2, -0.15) is 0 Å². The van der Waals surface area contributed by atoms with E-state index in [9.17, 15) is 4.79 Å². The summed E-state index contributed by atoms with van der Waals surface area (Å²) in [5.41, 5.74) is 0.566. The largest absolute Gasteiger partial charge is 0.469 e. The summed E-state index contributed by atoms with van der Waals surface area (Å²) < 4.78 is 10.1. The Balaban J connectivity index is 2.14. The van der Waals surface area contributed by atoms with Crippen LogP contribution in [0, 0.1) is 6.92 Å². The fourth-order valence-electron chi connectivity index (χ4n) is 1.26. The van der Waals surface area contributed by atoms with Gasteiger partial charge >= 0.3 is 0 Å². The van der Waals surface area contributed by atoms with E-state index in [-0.39, 0.29) is 12.5 Å². The standard InChI is InChI=1S/C11H17NO4/c1-9-10(3-7-16-9)11(14)12-4-2-6-15-8-5-13/h3,7,13H,2,4-6,8H2,1H3,(H,12,14). The van der Waals surface area contributed by atoms with Crippen LogP contribution in [0.5, 0.6) is 0 Å². The molecule has 0 aliphatic heterocycles. The van der Waals surface area contributed by atoms with Crippen molar-refractivity contribution in [2.45, 2.75) is 13.3 Å². The zero-order valence-corrected chi connectivity index (χ0v) is 9.36. The van der Waals surface area contributed by atoms with E-state index in [4.69, 9.17) is 14.3 Å². The van der Waals surface area contributed by atoms with Gasteiger partial charge in [0.1, 0.15) is 5.76 Å². The topological polar surface area (TPSA) is 71.7 Å². The summed E-state index contributed by atoms with van der Waals surface area (Å²) >= 11 is 0. The van der Waals surface area contributed by atoms with E-state index in [0.717, 1.165) is 6.42 Å². The van der Waals surface area contributed by atoms with E-state index < -0.39 is 0 Å². The summed E-state index contributed by atoms with van der Waals surface area (Å²) in [5, 5.41) is 11.2. The van der Waals surface area contributed by atoms with Crippen molar-refractivity contribution in [3.8, 4) is 0 Å². The number of amides is 1. The number of nitrogens with one attached hydrogen (secondary N) is 1. The summed E-state index contributed by atoms with van der Waals surface area (Å²) in [5.74, 6) is 0.488. The van der Waals surface area contributed by atoms with Crippen molar-refractivity contribution < 1.29 is 19.1 Å². The molecule has 0 saturated carbocycles. The van der Waals surface area contributed by atoms with Crippen LogP contribution >= 0.6 is 0 Å². The van der Waals surface area contributed by atoms with Gasteiger partial charge in [0.15, 0.2) is 0 Å². The molecule has 0 aliphatic rings. The molecule has 90 valence electrons. The van der Waals surface area contributed by atoms with Crippen LogP contribution in [0.3, 0.4) is 0 Å². The van der Waals surface area contributed by atoms with Crippen LogP contribution in [-0.2, 0) is 4.74 Å². The number of aliphatic hydroxyl groups excluding tert-OH is 1. The van der Waals surface area contributed by atoms with Gasteiger partial charge < -0.3 is 19.6 Å². The van der Waals surface area contributed by atoms with Crippen LogP contribution in [0.15, 0.2) is 16.7 Å². The highest BCUT2D eigenvalue weighted by Gasteiger charge is 2.09. The number of carbonyl (C=O) groups excluding carboxylic acids is 1. The highest BCUT2D eigenvalue weighted by Crippen LogP contribution is 2.07. The van der Waals surface area contributed by atoms with E-state index in [1.165, 1.54) is 6.26 Å². The van der Waals surface area contributed by atoms with Gasteiger partial charge in [0.05, 0.1) is 25.0 Å². The van der Waals surface area contributed by atoms with Crippen LogP contribution in [0.1, 0.15) is 22.5 Å². The molecule has 1 aromatic rings. The van der Waals surface area contributed by atoms with Gasteiger partial charge in [-0.1, -0.05) is 0 Å². The minimum atomic E-state index is -0.131. The molecule has 0 radical (unpaired) electrons. The predicted octanol–water partition coefficient (Wildman–Crippen LogP) is 0.717. The maximum atomic E-state index is 11.6. The number of carbonyl (C=O) groups is 1. The number of hydrogen-bond donors (Lipinski definition) is 2. The molecule has 1 amide bonds. The molecule has 1 rings (SSSR count). The van der Waals surface area contributed by atoms with Crippen molar-refractivity contribution in [3.63, 3.8) is 0 Å². The number of ether oxygens (including phenoxy) is 1. The third-order valence-corrected chi connectivity index (χ3v) is 2.09. The van der Waals surface area contributed by atoms with Crippen LogP contribution in [0.2, 0.25) is 0 Å². The lowest BCUT2D eigenvalue weighted by atomic mass is 10.2. The maximum absolute atomic E-state index is 11.6. The first-order chi connectivity index (χ1) is 7.75. The smallest absolute Gasteiger partial charge is 0.254 e. The Bertz CT molecular complexity index is 322. The van der Waals surface area contributed by atoms with Crippen molar-refractivity contribution in [1.29, 1.82) is 0 Å². The molecule has 0 saturated heterocycles. The highest BCUT2D eigenvalue weighted by atomic mass is 16.5. The Labute approximate surface area is 94.4 Å². The van der Waals surface area contributed by atoms with Crippen LogP contribution in [0.4, 0.5) is 0 Å². The normalized spacial score (nSPS) is 10.4. The highest BCUT2D eigenvalue weighted by molar-refractivity contribution is 5.94. The quantitative estimate of drug-likeness (QED) is 0.673. The summed E-state index contributed by atoms with van der Waals surface area (Å²) in [4.78, 5) is 11.6. The van der Waals surface area contributed by atoms with Crippen molar-refractivity contribution in [2.24, 2.45) is 0 Å². The number of hydrogen-bond acceptors (Lipinski definition) is 4. The summed E-state index contributed by atoms with van der Waals surface area (Å²) in [6, 6.07) is 1.65. The first-order valence-electron chi connectivity index (χ1n) is 5.26. The molecule has 1 heterocycles. The molecule has 16 heavy (non-hydrogen) atoms. The first kappa shape index (κ1) is 12.7. The molecule has 0 fully saturated rings. The van der Waals surface area contributed by atoms with E-state index in [2.05, 4.69) is 5.32 Å². The molecule has 0 unspecified atom stereocenters. The van der Waals surface area contributed by atoms with E-state index in [1.54, 1.807) is 13.0 Å². The minimum absolute atomic E-state index is 0.0283. The van der Waals surface area contributed by atoms with E-state index in [1.807, 2.05) is 0 Å². The minimum Gasteiger partial charge on any atom is -0.469 e. The predicted molar refractivity (Wildman–Crippen MR) is 58.3 cm³/mol. The fourth-order valence-corrected chi connectivity index (χ4v) is 1.26. The summed E-state index contributed by atoms with van der Waals surface area (Å²) in [6.07, 6.45) is 2.22. The maximum Gasteiger partial charge on any atom is 0.254 e. The number of aryl methyl sites for hydroxylation is 1. The second kappa shape index (κ2) is 7.03. The van der Waals surface area contributed by atoms with Crippen LogP contribution in [0.25, 0.3) is 0 Å². The lowest BCUT2D eigenvalue weighted by Gasteiger charge is -2.04. The van der Waals surface area contributed by atoms with Gasteiger partial charge in [-0.3, -0.25) is 4.79 Å². The first-order valence-corrected chi connectivity index (χ1v) is 5.26. The molecule has 0 aromatic carbocycles. The number of aliphatic hydroxyl groups is 1. The zero-order chi connectivity index (χ0) is 11.8. The molecular weight excluding hydrogens is 210 g/mol. The number of rotatable bonds is 7. The van der Waals surface area contributed by atoms with E-state index in [0.29, 0.717) is 31.1 Å². The Morgan fingerprint density at radius 1 is 1.56 bits per heavy atom. The van der Waals surface area contributed by atoms with Gasteiger partial charge in [-0.05, 0) is 19.4 Å². The van der Waals surface area contributed by atoms with Gasteiger partial charge in [0.25, 0.3) is 5.91 Å². The average molecular weight is 227 g/mol. The van der Waals surface area contributed by atoms with Gasteiger partial charge in [0, 0.05) is 13.2 Å². The summed E-state index contributed by atoms with van der Waals surface area (Å²) in [6.45, 7) is 3.20. The lowest BCUT2D eigenvalue weighted by Crippen LogP contribution is -2.25. The monoisotopic (exact) mass is 227 g/mol. The third kappa shape index (κ3) is 4.04. The van der Waals surface area contributed by atoms with Crippen molar-refractivity contribution in [2.75, 3.05) is 26.4 Å². The molecule has 5 heteroatoms. The fraction of sp³-hybridized carbons (Fsp3) is 0.545. The molecule has 0 aliphatic carbocycles. The Hall–Kier alpha value is -1.33. The van der Waals surface area contributed by atoms with Crippen LogP contribution in [-0.4, -0.2) is 37.4 Å². The molecular formula is C11H17NO4. The Morgan fingerprint density at radius 3 is 3.00 bits per heavy atom. The van der Waals surface area contributed by atoms with Gasteiger partial charge in [-0.15, -0.1) is 0 Å². The number of furan rings is 1. The van der Waals surface area contributed by atoms with E-state index >= 15 is 0 Å². The van der Waals surface area contributed by atoms with Crippen molar-refractivity contribution in [1.82, 2.24) is 5.32 Å². The van der Waals surface area contributed by atoms with Gasteiger partial charge in [0.2, 0.25) is 0 Å².